The molecule has 2 unspecified atom stereocenters. The SMILES string of the molecule is CCOc1ccc(/C(O)=C2/C(=O)C(=O)N(CC3CCCO3)C2c2cccnc2)c(OCC)c1. The van der Waals surface area contributed by atoms with Crippen molar-refractivity contribution < 1.29 is 28.9 Å². The molecule has 33 heavy (non-hydrogen) atoms. The Morgan fingerprint density at radius 2 is 2.03 bits per heavy atom. The number of hydrogen-bond acceptors (Lipinski definition) is 7. The zero-order valence-corrected chi connectivity index (χ0v) is 18.8. The topological polar surface area (TPSA) is 98.2 Å². The highest BCUT2D eigenvalue weighted by molar-refractivity contribution is 6.46. The number of likely N-dealkylation sites (tertiary alicyclic amines) is 1. The molecule has 8 heteroatoms. The number of nitrogens with zero attached hydrogens (tertiary/aromatic N) is 2. The van der Waals surface area contributed by atoms with Gasteiger partial charge in [-0.15, -0.1) is 0 Å². The number of ketones is 1. The van der Waals surface area contributed by atoms with Gasteiger partial charge < -0.3 is 24.2 Å². The van der Waals surface area contributed by atoms with Crippen LogP contribution in [0.15, 0.2) is 48.3 Å². The maximum atomic E-state index is 13.2. The first-order chi connectivity index (χ1) is 16.0. The molecule has 2 aromatic rings. The average molecular weight is 453 g/mol. The lowest BCUT2D eigenvalue weighted by atomic mass is 9.95. The molecular formula is C25H28N2O6. The van der Waals surface area contributed by atoms with Crippen LogP contribution in [0.2, 0.25) is 0 Å². The van der Waals surface area contributed by atoms with E-state index in [0.717, 1.165) is 12.8 Å². The van der Waals surface area contributed by atoms with Crippen LogP contribution in [0.3, 0.4) is 0 Å². The Labute approximate surface area is 192 Å². The van der Waals surface area contributed by atoms with Gasteiger partial charge in [0.2, 0.25) is 0 Å². The third-order valence-electron chi connectivity index (χ3n) is 5.78. The van der Waals surface area contributed by atoms with Crippen molar-refractivity contribution in [3.8, 4) is 11.5 Å². The molecule has 3 heterocycles. The molecule has 2 aliphatic rings. The third kappa shape index (κ3) is 4.57. The molecule has 2 atom stereocenters. The molecule has 2 aliphatic heterocycles. The van der Waals surface area contributed by atoms with Crippen molar-refractivity contribution in [3.05, 3.63) is 59.4 Å². The van der Waals surface area contributed by atoms with Crippen molar-refractivity contribution in [1.82, 2.24) is 9.88 Å². The summed E-state index contributed by atoms with van der Waals surface area (Å²) in [5, 5.41) is 11.4. The molecule has 0 bridgehead atoms. The number of hydrogen-bond donors (Lipinski definition) is 1. The van der Waals surface area contributed by atoms with E-state index in [4.69, 9.17) is 14.2 Å². The van der Waals surface area contributed by atoms with Gasteiger partial charge in [-0.1, -0.05) is 6.07 Å². The van der Waals surface area contributed by atoms with Gasteiger partial charge >= 0.3 is 0 Å². The summed E-state index contributed by atoms with van der Waals surface area (Å²) in [5.41, 5.74) is 0.973. The summed E-state index contributed by atoms with van der Waals surface area (Å²) in [6.45, 7) is 5.44. The maximum absolute atomic E-state index is 13.2. The molecule has 0 aliphatic carbocycles. The molecule has 8 nitrogen and oxygen atoms in total. The predicted octanol–water partition coefficient (Wildman–Crippen LogP) is 3.48. The quantitative estimate of drug-likeness (QED) is 0.372. The summed E-state index contributed by atoms with van der Waals surface area (Å²) in [4.78, 5) is 31.9. The molecular weight excluding hydrogens is 424 g/mol. The van der Waals surface area contributed by atoms with E-state index < -0.39 is 17.7 Å². The highest BCUT2D eigenvalue weighted by Gasteiger charge is 2.47. The van der Waals surface area contributed by atoms with E-state index in [9.17, 15) is 14.7 Å². The Kier molecular flexibility index (Phi) is 6.93. The molecule has 0 radical (unpaired) electrons. The minimum absolute atomic E-state index is 0.0103. The van der Waals surface area contributed by atoms with Crippen LogP contribution in [0.4, 0.5) is 0 Å². The summed E-state index contributed by atoms with van der Waals surface area (Å²) < 4.78 is 17.0. The number of aliphatic hydroxyl groups excluding tert-OH is 1. The maximum Gasteiger partial charge on any atom is 0.295 e. The van der Waals surface area contributed by atoms with Gasteiger partial charge in [-0.25, -0.2) is 0 Å². The Morgan fingerprint density at radius 3 is 2.70 bits per heavy atom. The van der Waals surface area contributed by atoms with Crippen LogP contribution in [0, 0.1) is 0 Å². The third-order valence-corrected chi connectivity index (χ3v) is 5.78. The van der Waals surface area contributed by atoms with Gasteiger partial charge in [-0.05, 0) is 50.5 Å². The van der Waals surface area contributed by atoms with Crippen LogP contribution < -0.4 is 9.47 Å². The molecule has 1 amide bonds. The minimum atomic E-state index is -0.774. The Balaban J connectivity index is 1.82. The smallest absolute Gasteiger partial charge is 0.295 e. The van der Waals surface area contributed by atoms with Crippen molar-refractivity contribution in [2.75, 3.05) is 26.4 Å². The van der Waals surface area contributed by atoms with E-state index in [-0.39, 0.29) is 24.0 Å². The number of amides is 1. The number of aliphatic hydroxyl groups is 1. The van der Waals surface area contributed by atoms with Gasteiger partial charge in [-0.3, -0.25) is 14.6 Å². The first-order valence-corrected chi connectivity index (χ1v) is 11.2. The summed E-state index contributed by atoms with van der Waals surface area (Å²) >= 11 is 0. The minimum Gasteiger partial charge on any atom is -0.507 e. The molecule has 1 N–H and O–H groups in total. The standard InChI is InChI=1S/C25H28N2O6/c1-3-31-17-9-10-19(20(13-17)32-4-2)23(28)21-22(16-7-5-11-26-14-16)27(25(30)24(21)29)15-18-8-6-12-33-18/h5,7,9-11,13-14,18,22,28H,3-4,6,8,12,15H2,1-2H3/b23-21-. The van der Waals surface area contributed by atoms with E-state index in [1.807, 2.05) is 13.8 Å². The van der Waals surface area contributed by atoms with Crippen molar-refractivity contribution in [2.24, 2.45) is 0 Å². The number of ether oxygens (including phenoxy) is 3. The van der Waals surface area contributed by atoms with E-state index in [1.165, 1.54) is 4.90 Å². The van der Waals surface area contributed by atoms with Crippen molar-refractivity contribution in [2.45, 2.75) is 38.8 Å². The molecule has 4 rings (SSSR count). The second kappa shape index (κ2) is 10.0. The van der Waals surface area contributed by atoms with Crippen molar-refractivity contribution in [3.63, 3.8) is 0 Å². The van der Waals surface area contributed by atoms with Gasteiger partial charge in [0.25, 0.3) is 11.7 Å². The number of pyridine rings is 1. The lowest BCUT2D eigenvalue weighted by Crippen LogP contribution is -2.36. The van der Waals surface area contributed by atoms with Crippen LogP contribution in [-0.2, 0) is 14.3 Å². The highest BCUT2D eigenvalue weighted by atomic mass is 16.5. The van der Waals surface area contributed by atoms with Crippen LogP contribution in [0.25, 0.3) is 5.76 Å². The van der Waals surface area contributed by atoms with Gasteiger partial charge in [-0.2, -0.15) is 0 Å². The normalized spacial score (nSPS) is 22.1. The summed E-state index contributed by atoms with van der Waals surface area (Å²) in [6, 6.07) is 7.76. The Morgan fingerprint density at radius 1 is 1.21 bits per heavy atom. The highest BCUT2D eigenvalue weighted by Crippen LogP contribution is 2.41. The molecule has 2 fully saturated rings. The number of benzene rings is 1. The van der Waals surface area contributed by atoms with E-state index >= 15 is 0 Å². The monoisotopic (exact) mass is 452 g/mol. The van der Waals surface area contributed by atoms with Gasteiger partial charge in [0.1, 0.15) is 17.3 Å². The second-order valence-electron chi connectivity index (χ2n) is 7.90. The Hall–Kier alpha value is -3.39. The molecule has 1 aromatic carbocycles. The summed E-state index contributed by atoms with van der Waals surface area (Å²) in [6.07, 6.45) is 4.81. The number of aromatic nitrogens is 1. The average Bonchev–Trinajstić information content (AvgIpc) is 3.42. The molecule has 2 saturated heterocycles. The fourth-order valence-electron chi connectivity index (χ4n) is 4.34. The zero-order valence-electron chi connectivity index (χ0n) is 18.8. The van der Waals surface area contributed by atoms with Gasteiger partial charge in [0.15, 0.2) is 0 Å². The summed E-state index contributed by atoms with van der Waals surface area (Å²) in [7, 11) is 0. The zero-order chi connectivity index (χ0) is 23.4. The van der Waals surface area contributed by atoms with E-state index in [0.29, 0.717) is 42.4 Å². The Bertz CT molecular complexity index is 1050. The first kappa shape index (κ1) is 22.8. The summed E-state index contributed by atoms with van der Waals surface area (Å²) in [5.74, 6) is -0.736. The molecule has 1 aromatic heterocycles. The fourth-order valence-corrected chi connectivity index (χ4v) is 4.34. The number of carbonyl (C=O) groups is 2. The lowest BCUT2D eigenvalue weighted by molar-refractivity contribution is -0.140. The number of Topliss-reactive ketones (excluding diaryl/α,β-unsaturated/α-hetero) is 1. The predicted molar refractivity (Wildman–Crippen MR) is 121 cm³/mol. The first-order valence-electron chi connectivity index (χ1n) is 11.2. The van der Waals surface area contributed by atoms with Crippen LogP contribution in [-0.4, -0.2) is 59.2 Å². The van der Waals surface area contributed by atoms with E-state index in [2.05, 4.69) is 4.98 Å². The molecule has 0 spiro atoms. The number of rotatable bonds is 8. The van der Waals surface area contributed by atoms with Gasteiger partial charge in [0.05, 0.1) is 36.5 Å². The number of carbonyl (C=O) groups excluding carboxylic acids is 2. The van der Waals surface area contributed by atoms with E-state index in [1.54, 1.807) is 42.7 Å². The molecule has 174 valence electrons. The van der Waals surface area contributed by atoms with Crippen molar-refractivity contribution in [1.29, 1.82) is 0 Å². The molecule has 0 saturated carbocycles. The fraction of sp³-hybridized carbons (Fsp3) is 0.400. The lowest BCUT2D eigenvalue weighted by Gasteiger charge is -2.27. The van der Waals surface area contributed by atoms with Crippen LogP contribution in [0.5, 0.6) is 11.5 Å². The van der Waals surface area contributed by atoms with Crippen LogP contribution in [0.1, 0.15) is 43.9 Å². The van der Waals surface area contributed by atoms with Crippen molar-refractivity contribution >= 4 is 17.4 Å². The van der Waals surface area contributed by atoms with Gasteiger partial charge in [0, 0.05) is 31.6 Å². The largest absolute Gasteiger partial charge is 0.507 e. The second-order valence-corrected chi connectivity index (χ2v) is 7.90. The van der Waals surface area contributed by atoms with Crippen LogP contribution >= 0.6 is 0 Å².